The molecule has 0 aliphatic rings. The molecule has 0 fully saturated rings. The van der Waals surface area contributed by atoms with E-state index in [0.29, 0.717) is 52.8 Å². The topological polar surface area (TPSA) is 127 Å². The second kappa shape index (κ2) is 18.8. The summed E-state index contributed by atoms with van der Waals surface area (Å²) < 4.78 is 13.7. The number of carbonyl (C=O) groups excluding carboxylic acids is 3. The summed E-state index contributed by atoms with van der Waals surface area (Å²) in [4.78, 5) is 47.5. The van der Waals surface area contributed by atoms with E-state index in [1.54, 1.807) is 44.5 Å². The lowest BCUT2D eigenvalue weighted by molar-refractivity contribution is -0.122. The smallest absolute Gasteiger partial charge is 0.269 e. The molecule has 47 heavy (non-hydrogen) atoms. The lowest BCUT2D eigenvalue weighted by Gasteiger charge is -2.21. The van der Waals surface area contributed by atoms with Gasteiger partial charge in [0.15, 0.2) is 11.4 Å². The van der Waals surface area contributed by atoms with Gasteiger partial charge in [0.2, 0.25) is 11.8 Å². The average molecular weight is 791 g/mol. The van der Waals surface area contributed by atoms with Crippen LogP contribution < -0.4 is 20.3 Å². The van der Waals surface area contributed by atoms with Crippen LogP contribution in [-0.2, 0) is 20.9 Å². The Balaban J connectivity index is 0.00000384. The van der Waals surface area contributed by atoms with Gasteiger partial charge in [-0.25, -0.2) is 4.98 Å². The number of aryl methyl sites for hydroxylation is 1. The third-order valence-electron chi connectivity index (χ3n) is 6.66. The van der Waals surface area contributed by atoms with Crippen molar-refractivity contribution in [1.29, 1.82) is 0 Å². The maximum Gasteiger partial charge on any atom is 0.269 e. The number of amides is 3. The summed E-state index contributed by atoms with van der Waals surface area (Å²) in [6, 6.07) is 10.1. The second-order valence-corrected chi connectivity index (χ2v) is 11.3. The maximum absolute atomic E-state index is 12.9. The minimum Gasteiger partial charge on any atom is -0.485 e. The van der Waals surface area contributed by atoms with Crippen LogP contribution in [0.25, 0.3) is 11.7 Å². The van der Waals surface area contributed by atoms with E-state index in [-0.39, 0.29) is 54.6 Å². The summed E-state index contributed by atoms with van der Waals surface area (Å²) in [5, 5.41) is 5.94. The Morgan fingerprint density at radius 3 is 2.57 bits per heavy atom. The fourth-order valence-corrected chi connectivity index (χ4v) is 5.14. The van der Waals surface area contributed by atoms with E-state index >= 15 is 0 Å². The Kier molecular flexibility index (Phi) is 15.9. The van der Waals surface area contributed by atoms with Gasteiger partial charge in [0.1, 0.15) is 16.9 Å². The molecule has 0 saturated carbocycles. The van der Waals surface area contributed by atoms with Gasteiger partial charge in [0, 0.05) is 56.4 Å². The van der Waals surface area contributed by atoms with E-state index in [1.165, 1.54) is 23.2 Å². The van der Waals surface area contributed by atoms with Gasteiger partial charge in [-0.3, -0.25) is 23.8 Å². The van der Waals surface area contributed by atoms with Gasteiger partial charge in [0.25, 0.3) is 5.91 Å². The number of methoxy groups -OCH3 is 1. The third-order valence-corrected chi connectivity index (χ3v) is 8.39. The van der Waals surface area contributed by atoms with Crippen LogP contribution in [0.5, 0.6) is 5.75 Å². The van der Waals surface area contributed by atoms with E-state index in [2.05, 4.69) is 36.5 Å². The number of benzene rings is 1. The van der Waals surface area contributed by atoms with Crippen LogP contribution in [-0.4, -0.2) is 65.9 Å². The predicted octanol–water partition coefficient (Wildman–Crippen LogP) is 6.09. The molecule has 11 nitrogen and oxygen atoms in total. The van der Waals surface area contributed by atoms with Crippen molar-refractivity contribution in [2.45, 2.75) is 20.0 Å². The molecule has 0 aliphatic carbocycles. The standard InChI is InChI=1S/C31H31BrCl2N6O5.2ClH/c1-19-29(32)40-14-4-6-25(30(40)38-19)45-18-21-22(33)9-11-24(28(21)34)39(2)27(42)17-37-26(41)12-8-20-7-10-23(36-16-20)31(43)35-13-5-15-44-3;;/h4,6-12,14,16H,5,13,15,17-18H2,1-3H3,(H,35,43)(H,37,41);2*1H. The van der Waals surface area contributed by atoms with Gasteiger partial charge < -0.3 is 25.0 Å². The number of ether oxygens (including phenoxy) is 2. The normalized spacial score (nSPS) is 10.7. The molecule has 4 rings (SSSR count). The number of rotatable bonds is 13. The molecular weight excluding hydrogens is 758 g/mol. The fraction of sp³-hybridized carbons (Fsp3) is 0.258. The number of likely N-dealkylation sites (N-methyl/N-ethyl adjacent to an activating group) is 1. The van der Waals surface area contributed by atoms with E-state index < -0.39 is 11.8 Å². The number of hydrogen-bond donors (Lipinski definition) is 2. The van der Waals surface area contributed by atoms with Crippen molar-refractivity contribution >= 4 is 99.1 Å². The lowest BCUT2D eigenvalue weighted by atomic mass is 10.2. The van der Waals surface area contributed by atoms with E-state index in [9.17, 15) is 14.4 Å². The molecule has 0 radical (unpaired) electrons. The first kappa shape index (κ1) is 39.8. The van der Waals surface area contributed by atoms with Crippen molar-refractivity contribution in [2.75, 3.05) is 38.8 Å². The summed E-state index contributed by atoms with van der Waals surface area (Å²) >= 11 is 16.7. The zero-order valence-electron chi connectivity index (χ0n) is 25.6. The molecule has 0 bridgehead atoms. The number of halogens is 5. The van der Waals surface area contributed by atoms with Crippen molar-refractivity contribution in [1.82, 2.24) is 25.0 Å². The minimum atomic E-state index is -0.483. The quantitative estimate of drug-likeness (QED) is 0.124. The summed E-state index contributed by atoms with van der Waals surface area (Å²) in [7, 11) is 3.15. The maximum atomic E-state index is 12.9. The minimum absolute atomic E-state index is 0. The van der Waals surface area contributed by atoms with Crippen LogP contribution in [0.2, 0.25) is 10.0 Å². The number of hydrogen-bond acceptors (Lipinski definition) is 7. The van der Waals surface area contributed by atoms with Gasteiger partial charge in [-0.05, 0) is 71.2 Å². The molecule has 3 amide bonds. The number of pyridine rings is 2. The molecule has 1 aromatic carbocycles. The molecule has 0 aliphatic heterocycles. The molecule has 4 aromatic rings. The highest BCUT2D eigenvalue weighted by atomic mass is 79.9. The van der Waals surface area contributed by atoms with E-state index in [4.69, 9.17) is 32.7 Å². The Morgan fingerprint density at radius 2 is 1.87 bits per heavy atom. The highest BCUT2D eigenvalue weighted by Crippen LogP contribution is 2.35. The lowest BCUT2D eigenvalue weighted by Crippen LogP contribution is -2.37. The molecule has 3 heterocycles. The van der Waals surface area contributed by atoms with Gasteiger partial charge in [-0.1, -0.05) is 29.3 Å². The Labute approximate surface area is 303 Å². The SMILES string of the molecule is COCCCNC(=O)c1ccc(C=CC(=O)NCC(=O)N(C)c2ccc(Cl)c(COc3cccn4c(Br)c(C)nc34)c2Cl)cn1.Cl.Cl. The molecule has 3 aromatic heterocycles. The summed E-state index contributed by atoms with van der Waals surface area (Å²) in [5.74, 6) is -0.645. The molecule has 0 spiro atoms. The first-order valence-electron chi connectivity index (χ1n) is 13.8. The zero-order chi connectivity index (χ0) is 32.5. The van der Waals surface area contributed by atoms with Gasteiger partial charge >= 0.3 is 0 Å². The van der Waals surface area contributed by atoms with Gasteiger partial charge in [-0.2, -0.15) is 0 Å². The van der Waals surface area contributed by atoms with Crippen LogP contribution in [0.15, 0.2) is 59.5 Å². The predicted molar refractivity (Wildman–Crippen MR) is 191 cm³/mol. The van der Waals surface area contributed by atoms with E-state index in [1.807, 2.05) is 23.6 Å². The molecule has 2 N–H and O–H groups in total. The third kappa shape index (κ3) is 10.3. The summed E-state index contributed by atoms with van der Waals surface area (Å²) in [6.45, 7) is 2.67. The summed E-state index contributed by atoms with van der Waals surface area (Å²) in [5.41, 5.74) is 3.22. The van der Waals surface area contributed by atoms with Crippen LogP contribution in [0.3, 0.4) is 0 Å². The molecule has 252 valence electrons. The van der Waals surface area contributed by atoms with Crippen molar-refractivity contribution in [3.63, 3.8) is 0 Å². The highest BCUT2D eigenvalue weighted by molar-refractivity contribution is 9.10. The van der Waals surface area contributed by atoms with Gasteiger partial charge in [-0.15, -0.1) is 24.8 Å². The Bertz CT molecular complexity index is 1740. The Morgan fingerprint density at radius 1 is 1.11 bits per heavy atom. The molecule has 0 atom stereocenters. The molecular formula is C31H33BrCl4N6O5. The monoisotopic (exact) mass is 788 g/mol. The number of nitrogens with one attached hydrogen (secondary N) is 2. The zero-order valence-corrected chi connectivity index (χ0v) is 30.3. The second-order valence-electron chi connectivity index (χ2n) is 9.78. The van der Waals surface area contributed by atoms with Gasteiger partial charge in [0.05, 0.1) is 22.9 Å². The summed E-state index contributed by atoms with van der Waals surface area (Å²) in [6.07, 6.45) is 6.85. The van der Waals surface area contributed by atoms with Crippen molar-refractivity contribution in [3.05, 3.63) is 92.0 Å². The number of carbonyl (C=O) groups is 3. The number of fused-ring (bicyclic) bond motifs is 1. The molecule has 16 heteroatoms. The first-order valence-corrected chi connectivity index (χ1v) is 15.3. The Hall–Kier alpha value is -3.39. The first-order chi connectivity index (χ1) is 21.6. The molecule has 0 unspecified atom stereocenters. The van der Waals surface area contributed by atoms with Crippen molar-refractivity contribution < 1.29 is 23.9 Å². The van der Waals surface area contributed by atoms with Crippen LogP contribution >= 0.6 is 63.9 Å². The highest BCUT2D eigenvalue weighted by Gasteiger charge is 2.20. The van der Waals surface area contributed by atoms with Crippen LogP contribution in [0, 0.1) is 6.92 Å². The number of imidazole rings is 1. The number of aromatic nitrogens is 3. The van der Waals surface area contributed by atoms with Crippen molar-refractivity contribution in [3.8, 4) is 5.75 Å². The largest absolute Gasteiger partial charge is 0.485 e. The number of anilines is 1. The average Bonchev–Trinajstić information content (AvgIpc) is 3.34. The van der Waals surface area contributed by atoms with Crippen molar-refractivity contribution in [2.24, 2.45) is 0 Å². The molecule has 0 saturated heterocycles. The van der Waals surface area contributed by atoms with Crippen LogP contribution in [0.1, 0.15) is 33.7 Å². The van der Waals surface area contributed by atoms with E-state index in [0.717, 1.165) is 10.3 Å². The fourth-order valence-electron chi connectivity index (χ4n) is 4.16. The van der Waals surface area contributed by atoms with Crippen LogP contribution in [0.4, 0.5) is 5.69 Å². The number of nitrogens with zero attached hydrogens (tertiary/aromatic N) is 4.